The molecule has 2 aromatic heterocycles. The summed E-state index contributed by atoms with van der Waals surface area (Å²) in [5.74, 6) is 0.296. The van der Waals surface area contributed by atoms with E-state index in [9.17, 15) is 0 Å². The number of aromatic nitrogens is 5. The van der Waals surface area contributed by atoms with Crippen molar-refractivity contribution in [3.05, 3.63) is 16.6 Å². The average Bonchev–Trinajstić information content (AvgIpc) is 2.72. The van der Waals surface area contributed by atoms with Gasteiger partial charge in [-0.25, -0.2) is 4.98 Å². The minimum Gasteiger partial charge on any atom is -0.367 e. The molecule has 0 aliphatic heterocycles. The number of nitrogens with zero attached hydrogens (tertiary/aromatic N) is 5. The van der Waals surface area contributed by atoms with Crippen LogP contribution < -0.4 is 5.73 Å². The van der Waals surface area contributed by atoms with Crippen LogP contribution in [0.1, 0.15) is 18.9 Å². The van der Waals surface area contributed by atoms with Gasteiger partial charge in [-0.1, -0.05) is 5.10 Å². The fourth-order valence-corrected chi connectivity index (χ4v) is 1.96. The Bertz CT molecular complexity index is 417. The van der Waals surface area contributed by atoms with Crippen molar-refractivity contribution >= 4 is 17.3 Å². The second-order valence-corrected chi connectivity index (χ2v) is 4.24. The van der Waals surface area contributed by atoms with Crippen molar-refractivity contribution in [2.75, 3.05) is 5.73 Å². The summed E-state index contributed by atoms with van der Waals surface area (Å²) in [6.07, 6.45) is 1.75. The monoisotopic (exact) mass is 210 g/mol. The second kappa shape index (κ2) is 3.02. The quantitative estimate of drug-likeness (QED) is 0.780. The Balaban J connectivity index is 2.48. The third-order valence-corrected chi connectivity index (χ3v) is 3.06. The first-order valence-electron chi connectivity index (χ1n) is 4.06. The van der Waals surface area contributed by atoms with Crippen LogP contribution in [0.25, 0.3) is 0 Å². The van der Waals surface area contributed by atoms with Crippen LogP contribution in [0.4, 0.5) is 5.95 Å². The first kappa shape index (κ1) is 9.07. The van der Waals surface area contributed by atoms with E-state index in [-0.39, 0.29) is 0 Å². The van der Waals surface area contributed by atoms with Crippen LogP contribution in [-0.4, -0.2) is 25.2 Å². The minimum absolute atomic E-state index is 0.296. The third-order valence-electron chi connectivity index (χ3n) is 1.98. The molecule has 0 aromatic carbocycles. The smallest absolute Gasteiger partial charge is 0.241 e. The lowest BCUT2D eigenvalue weighted by Gasteiger charge is -2.21. The highest BCUT2D eigenvalue weighted by atomic mass is 32.1. The lowest BCUT2D eigenvalue weighted by atomic mass is 10.1. The molecule has 7 heteroatoms. The van der Waals surface area contributed by atoms with E-state index in [1.807, 2.05) is 19.2 Å². The average molecular weight is 210 g/mol. The molecule has 0 aliphatic rings. The van der Waals surface area contributed by atoms with E-state index >= 15 is 0 Å². The number of rotatable bonds is 2. The van der Waals surface area contributed by atoms with Gasteiger partial charge in [0.05, 0.1) is 0 Å². The summed E-state index contributed by atoms with van der Waals surface area (Å²) in [5.41, 5.74) is 5.24. The predicted octanol–water partition coefficient (Wildman–Crippen LogP) is 0.495. The van der Waals surface area contributed by atoms with E-state index in [2.05, 4.69) is 20.5 Å². The van der Waals surface area contributed by atoms with Gasteiger partial charge in [0.25, 0.3) is 0 Å². The molecule has 0 amide bonds. The summed E-state index contributed by atoms with van der Waals surface area (Å²) in [6.45, 7) is 3.94. The summed E-state index contributed by atoms with van der Waals surface area (Å²) in [5, 5.41) is 13.8. The van der Waals surface area contributed by atoms with Gasteiger partial charge >= 0.3 is 0 Å². The molecular weight excluding hydrogens is 200 g/mol. The number of nitrogens with two attached hydrogens (primary N) is 1. The predicted molar refractivity (Wildman–Crippen MR) is 52.8 cm³/mol. The standard InChI is InChI=1S/C7H10N6S/c1-7(2,5-9-3-4-14-5)13-6(8)10-11-12-13/h3-4H,1-2H3,(H2,8,10,12). The second-order valence-electron chi connectivity index (χ2n) is 3.35. The number of nitrogen functional groups attached to an aromatic ring is 1. The number of anilines is 1. The van der Waals surface area contributed by atoms with Crippen molar-refractivity contribution in [1.82, 2.24) is 25.2 Å². The van der Waals surface area contributed by atoms with Crippen LogP contribution in [0.3, 0.4) is 0 Å². The van der Waals surface area contributed by atoms with Crippen LogP contribution in [0.15, 0.2) is 11.6 Å². The number of tetrazole rings is 1. The van der Waals surface area contributed by atoms with Crippen LogP contribution in [0.5, 0.6) is 0 Å². The maximum absolute atomic E-state index is 5.64. The molecule has 6 nitrogen and oxygen atoms in total. The van der Waals surface area contributed by atoms with Gasteiger partial charge < -0.3 is 5.73 Å². The maximum Gasteiger partial charge on any atom is 0.241 e. The summed E-state index contributed by atoms with van der Waals surface area (Å²) >= 11 is 1.55. The SMILES string of the molecule is CC(C)(c1nccs1)n1nnnc1N. The van der Waals surface area contributed by atoms with Crippen molar-refractivity contribution in [3.8, 4) is 0 Å². The molecule has 0 saturated heterocycles. The van der Waals surface area contributed by atoms with Gasteiger partial charge in [-0.15, -0.1) is 11.3 Å². The van der Waals surface area contributed by atoms with Gasteiger partial charge in [-0.2, -0.15) is 4.68 Å². The molecule has 2 heterocycles. The molecule has 2 rings (SSSR count). The number of hydrogen-bond donors (Lipinski definition) is 1. The van der Waals surface area contributed by atoms with Crippen LogP contribution in [-0.2, 0) is 5.54 Å². The van der Waals surface area contributed by atoms with E-state index in [0.717, 1.165) is 5.01 Å². The Morgan fingerprint density at radius 3 is 2.79 bits per heavy atom. The fourth-order valence-electron chi connectivity index (χ4n) is 1.21. The first-order chi connectivity index (χ1) is 6.62. The summed E-state index contributed by atoms with van der Waals surface area (Å²) < 4.78 is 1.56. The number of thiazole rings is 1. The Kier molecular flexibility index (Phi) is 1.95. The van der Waals surface area contributed by atoms with Gasteiger partial charge in [-0.3, -0.25) is 0 Å². The fraction of sp³-hybridized carbons (Fsp3) is 0.429. The topological polar surface area (TPSA) is 82.5 Å². The van der Waals surface area contributed by atoms with Crippen molar-refractivity contribution in [3.63, 3.8) is 0 Å². The van der Waals surface area contributed by atoms with Crippen molar-refractivity contribution in [2.45, 2.75) is 19.4 Å². The van der Waals surface area contributed by atoms with Gasteiger partial charge in [0, 0.05) is 11.6 Å². The van der Waals surface area contributed by atoms with Crippen molar-refractivity contribution < 1.29 is 0 Å². The molecule has 0 radical (unpaired) electrons. The zero-order valence-electron chi connectivity index (χ0n) is 7.88. The van der Waals surface area contributed by atoms with Crippen LogP contribution in [0, 0.1) is 0 Å². The van der Waals surface area contributed by atoms with E-state index < -0.39 is 5.54 Å². The largest absolute Gasteiger partial charge is 0.367 e. The Morgan fingerprint density at radius 1 is 1.50 bits per heavy atom. The van der Waals surface area contributed by atoms with E-state index in [1.165, 1.54) is 0 Å². The molecule has 2 aromatic rings. The van der Waals surface area contributed by atoms with Crippen LogP contribution >= 0.6 is 11.3 Å². The molecule has 0 unspecified atom stereocenters. The van der Waals surface area contributed by atoms with Gasteiger partial charge in [0.15, 0.2) is 0 Å². The summed E-state index contributed by atoms with van der Waals surface area (Å²) in [4.78, 5) is 4.23. The van der Waals surface area contributed by atoms with Gasteiger partial charge in [-0.05, 0) is 24.3 Å². The van der Waals surface area contributed by atoms with E-state index in [0.29, 0.717) is 5.95 Å². The first-order valence-corrected chi connectivity index (χ1v) is 4.94. The summed E-state index contributed by atoms with van der Waals surface area (Å²) in [6, 6.07) is 0. The normalized spacial score (nSPS) is 11.9. The molecule has 2 N–H and O–H groups in total. The molecule has 74 valence electrons. The lowest BCUT2D eigenvalue weighted by Crippen LogP contribution is -2.30. The van der Waals surface area contributed by atoms with Crippen molar-refractivity contribution in [2.24, 2.45) is 0 Å². The highest BCUT2D eigenvalue weighted by Gasteiger charge is 2.29. The minimum atomic E-state index is -0.401. The molecule has 0 spiro atoms. The molecule has 0 bridgehead atoms. The molecule has 14 heavy (non-hydrogen) atoms. The van der Waals surface area contributed by atoms with Gasteiger partial charge in [0.2, 0.25) is 5.95 Å². The maximum atomic E-state index is 5.64. The van der Waals surface area contributed by atoms with E-state index in [1.54, 1.807) is 22.2 Å². The van der Waals surface area contributed by atoms with E-state index in [4.69, 9.17) is 5.73 Å². The van der Waals surface area contributed by atoms with Crippen LogP contribution in [0.2, 0.25) is 0 Å². The Morgan fingerprint density at radius 2 is 2.29 bits per heavy atom. The lowest BCUT2D eigenvalue weighted by molar-refractivity contribution is 0.385. The molecule has 0 saturated carbocycles. The third kappa shape index (κ3) is 1.25. The Hall–Kier alpha value is -1.50. The Labute approximate surface area is 84.8 Å². The molecule has 0 aliphatic carbocycles. The number of hydrogen-bond acceptors (Lipinski definition) is 6. The van der Waals surface area contributed by atoms with Gasteiger partial charge in [0.1, 0.15) is 10.5 Å². The molecular formula is C7H10N6S. The molecule has 0 atom stereocenters. The zero-order valence-corrected chi connectivity index (χ0v) is 8.69. The summed E-state index contributed by atoms with van der Waals surface area (Å²) in [7, 11) is 0. The van der Waals surface area contributed by atoms with Crippen molar-refractivity contribution in [1.29, 1.82) is 0 Å². The highest BCUT2D eigenvalue weighted by Crippen LogP contribution is 2.27. The molecule has 0 fully saturated rings. The zero-order chi connectivity index (χ0) is 10.2. The highest BCUT2D eigenvalue weighted by molar-refractivity contribution is 7.09.